The molecule has 0 unspecified atom stereocenters. The van der Waals surface area contributed by atoms with Crippen molar-refractivity contribution in [2.24, 2.45) is 0 Å². The predicted molar refractivity (Wildman–Crippen MR) is 88.5 cm³/mol. The van der Waals surface area contributed by atoms with Crippen molar-refractivity contribution < 1.29 is 4.79 Å². The molecule has 21 heavy (non-hydrogen) atoms. The fraction of sp³-hybridized carbons (Fsp3) is 0.400. The van der Waals surface area contributed by atoms with E-state index in [4.69, 9.17) is 0 Å². The Morgan fingerprint density at radius 2 is 2.14 bits per heavy atom. The van der Waals surface area contributed by atoms with E-state index in [0.29, 0.717) is 0 Å². The zero-order valence-electron chi connectivity index (χ0n) is 11.8. The molecular weight excluding hydrogens is 306 g/mol. The van der Waals surface area contributed by atoms with Crippen molar-refractivity contribution in [1.29, 1.82) is 0 Å². The van der Waals surface area contributed by atoms with Crippen molar-refractivity contribution in [2.75, 3.05) is 26.2 Å². The average molecular weight is 326 g/mol. The van der Waals surface area contributed by atoms with E-state index in [9.17, 15) is 4.79 Å². The number of nitrogens with one attached hydrogen (secondary N) is 1. The molecule has 4 nitrogen and oxygen atoms in total. The molecule has 0 atom stereocenters. The maximum absolute atomic E-state index is 12.6. The first-order valence-corrected chi connectivity index (χ1v) is 7.90. The van der Waals surface area contributed by atoms with Crippen LogP contribution in [0.3, 0.4) is 0 Å². The van der Waals surface area contributed by atoms with Gasteiger partial charge in [0, 0.05) is 30.7 Å². The first kappa shape index (κ1) is 16.1. The number of thiophene rings is 1. The minimum Gasteiger partial charge on any atom is -0.338 e. The second kappa shape index (κ2) is 7.64. The summed E-state index contributed by atoms with van der Waals surface area (Å²) in [5.41, 5.74) is 0.792. The predicted octanol–water partition coefficient (Wildman–Crippen LogP) is 2.46. The Balaban J connectivity index is 0.00000161. The molecule has 1 fully saturated rings. The lowest BCUT2D eigenvalue weighted by Gasteiger charge is -2.20. The Kier molecular flexibility index (Phi) is 5.85. The summed E-state index contributed by atoms with van der Waals surface area (Å²) in [7, 11) is 0. The van der Waals surface area contributed by atoms with Crippen molar-refractivity contribution in [3.05, 3.63) is 46.4 Å². The molecule has 1 aliphatic rings. The van der Waals surface area contributed by atoms with E-state index in [0.717, 1.165) is 44.8 Å². The van der Waals surface area contributed by atoms with Gasteiger partial charge < -0.3 is 14.8 Å². The topological polar surface area (TPSA) is 37.3 Å². The fourth-order valence-electron chi connectivity index (χ4n) is 2.53. The molecule has 3 rings (SSSR count). The highest BCUT2D eigenvalue weighted by atomic mass is 35.5. The molecule has 1 amide bonds. The highest BCUT2D eigenvalue weighted by molar-refractivity contribution is 7.09. The SMILES string of the molecule is Cl.O=C(c1cccn1Cc1cccs1)N1CCCNCC1. The van der Waals surface area contributed by atoms with Crippen LogP contribution in [0.25, 0.3) is 0 Å². The monoisotopic (exact) mass is 325 g/mol. The molecule has 0 spiro atoms. The van der Waals surface area contributed by atoms with Crippen LogP contribution >= 0.6 is 23.7 Å². The van der Waals surface area contributed by atoms with Crippen LogP contribution in [0.4, 0.5) is 0 Å². The lowest BCUT2D eigenvalue weighted by atomic mass is 10.3. The zero-order valence-corrected chi connectivity index (χ0v) is 13.5. The quantitative estimate of drug-likeness (QED) is 0.941. The third kappa shape index (κ3) is 3.87. The normalized spacial score (nSPS) is 15.3. The van der Waals surface area contributed by atoms with Crippen LogP contribution in [-0.4, -0.2) is 41.6 Å². The standard InChI is InChI=1S/C15H19N3OS.ClH/c19-15(17-9-3-6-16-7-10-17)14-5-1-8-18(14)12-13-4-2-11-20-13;/h1-2,4-5,8,11,16H,3,6-7,9-10,12H2;1H. The summed E-state index contributed by atoms with van der Waals surface area (Å²) in [6.45, 7) is 4.30. The number of hydrogen-bond acceptors (Lipinski definition) is 3. The van der Waals surface area contributed by atoms with Gasteiger partial charge in [-0.2, -0.15) is 0 Å². The van der Waals surface area contributed by atoms with Crippen LogP contribution in [0.2, 0.25) is 0 Å². The first-order valence-electron chi connectivity index (χ1n) is 7.02. The Hall–Kier alpha value is -1.30. The van der Waals surface area contributed by atoms with Gasteiger partial charge in [0.05, 0.1) is 6.54 Å². The fourth-order valence-corrected chi connectivity index (χ4v) is 3.23. The number of nitrogens with zero attached hydrogens (tertiary/aromatic N) is 2. The van der Waals surface area contributed by atoms with E-state index in [1.165, 1.54) is 4.88 Å². The van der Waals surface area contributed by atoms with E-state index >= 15 is 0 Å². The van der Waals surface area contributed by atoms with Crippen molar-refractivity contribution in [1.82, 2.24) is 14.8 Å². The second-order valence-electron chi connectivity index (χ2n) is 5.00. The zero-order chi connectivity index (χ0) is 13.8. The van der Waals surface area contributed by atoms with E-state index < -0.39 is 0 Å². The number of hydrogen-bond donors (Lipinski definition) is 1. The van der Waals surface area contributed by atoms with Gasteiger partial charge in [0.15, 0.2) is 0 Å². The number of carbonyl (C=O) groups excluding carboxylic acids is 1. The summed E-state index contributed by atoms with van der Waals surface area (Å²) >= 11 is 1.72. The Bertz CT molecular complexity index is 559. The Morgan fingerprint density at radius 1 is 1.24 bits per heavy atom. The maximum atomic E-state index is 12.6. The average Bonchev–Trinajstić information content (AvgIpc) is 3.05. The second-order valence-corrected chi connectivity index (χ2v) is 6.03. The molecule has 0 bridgehead atoms. The van der Waals surface area contributed by atoms with Crippen LogP contribution in [-0.2, 0) is 6.54 Å². The molecule has 2 aromatic rings. The van der Waals surface area contributed by atoms with Gasteiger partial charge in [-0.1, -0.05) is 6.07 Å². The number of amides is 1. The summed E-state index contributed by atoms with van der Waals surface area (Å²) in [5, 5.41) is 5.40. The van der Waals surface area contributed by atoms with Crippen molar-refractivity contribution in [3.8, 4) is 0 Å². The van der Waals surface area contributed by atoms with Crippen LogP contribution in [0, 0.1) is 0 Å². The number of rotatable bonds is 3. The molecule has 0 aliphatic carbocycles. The molecule has 0 radical (unpaired) electrons. The molecule has 114 valence electrons. The molecular formula is C15H20ClN3OS. The third-order valence-corrected chi connectivity index (χ3v) is 4.44. The maximum Gasteiger partial charge on any atom is 0.270 e. The smallest absolute Gasteiger partial charge is 0.270 e. The lowest BCUT2D eigenvalue weighted by Crippen LogP contribution is -2.35. The minimum atomic E-state index is 0. The number of aromatic nitrogens is 1. The van der Waals surface area contributed by atoms with Crippen molar-refractivity contribution >= 4 is 29.7 Å². The van der Waals surface area contributed by atoms with Gasteiger partial charge >= 0.3 is 0 Å². The minimum absolute atomic E-state index is 0. The molecule has 0 aromatic carbocycles. The highest BCUT2D eigenvalue weighted by Crippen LogP contribution is 2.14. The highest BCUT2D eigenvalue weighted by Gasteiger charge is 2.19. The summed E-state index contributed by atoms with van der Waals surface area (Å²) in [4.78, 5) is 15.9. The van der Waals surface area contributed by atoms with Gasteiger partial charge in [0.2, 0.25) is 0 Å². The third-order valence-electron chi connectivity index (χ3n) is 3.58. The van der Waals surface area contributed by atoms with Gasteiger partial charge in [0.25, 0.3) is 5.91 Å². The Labute approximate surface area is 135 Å². The molecule has 3 heterocycles. The molecule has 1 saturated heterocycles. The Morgan fingerprint density at radius 3 is 2.95 bits per heavy atom. The van der Waals surface area contributed by atoms with Crippen LogP contribution in [0.15, 0.2) is 35.8 Å². The molecule has 1 N–H and O–H groups in total. The van der Waals surface area contributed by atoms with Gasteiger partial charge in [-0.25, -0.2) is 0 Å². The van der Waals surface area contributed by atoms with E-state index in [-0.39, 0.29) is 18.3 Å². The molecule has 6 heteroatoms. The summed E-state index contributed by atoms with van der Waals surface area (Å²) in [5.74, 6) is 0.148. The van der Waals surface area contributed by atoms with Crippen molar-refractivity contribution in [3.63, 3.8) is 0 Å². The lowest BCUT2D eigenvalue weighted by molar-refractivity contribution is 0.0756. The van der Waals surface area contributed by atoms with Crippen LogP contribution < -0.4 is 5.32 Å². The molecule has 2 aromatic heterocycles. The van der Waals surface area contributed by atoms with E-state index in [1.807, 2.05) is 33.9 Å². The number of carbonyl (C=O) groups is 1. The van der Waals surface area contributed by atoms with Crippen LogP contribution in [0.5, 0.6) is 0 Å². The van der Waals surface area contributed by atoms with Gasteiger partial charge in [-0.05, 0) is 36.5 Å². The number of halogens is 1. The molecule has 0 saturated carbocycles. The van der Waals surface area contributed by atoms with E-state index in [2.05, 4.69) is 16.8 Å². The molecule has 1 aliphatic heterocycles. The van der Waals surface area contributed by atoms with Gasteiger partial charge in [-0.3, -0.25) is 4.79 Å². The van der Waals surface area contributed by atoms with Crippen molar-refractivity contribution in [2.45, 2.75) is 13.0 Å². The largest absolute Gasteiger partial charge is 0.338 e. The summed E-state index contributed by atoms with van der Waals surface area (Å²) < 4.78 is 2.05. The summed E-state index contributed by atoms with van der Waals surface area (Å²) in [6, 6.07) is 8.03. The van der Waals surface area contributed by atoms with Crippen LogP contribution in [0.1, 0.15) is 21.8 Å². The van der Waals surface area contributed by atoms with Gasteiger partial charge in [-0.15, -0.1) is 23.7 Å². The summed E-state index contributed by atoms with van der Waals surface area (Å²) in [6.07, 6.45) is 3.01. The first-order chi connectivity index (χ1) is 9.84. The van der Waals surface area contributed by atoms with E-state index in [1.54, 1.807) is 11.3 Å². The van der Waals surface area contributed by atoms with Gasteiger partial charge in [0.1, 0.15) is 5.69 Å².